The van der Waals surface area contributed by atoms with Gasteiger partial charge in [-0.05, 0) is 0 Å². The minimum atomic E-state index is -2.58. The van der Waals surface area contributed by atoms with Crippen molar-refractivity contribution in [3.05, 3.63) is 12.2 Å². The first-order chi connectivity index (χ1) is 9.71. The van der Waals surface area contributed by atoms with Crippen molar-refractivity contribution < 1.29 is 48.7 Å². The van der Waals surface area contributed by atoms with Gasteiger partial charge in [0.2, 0.25) is 6.10 Å². The van der Waals surface area contributed by atoms with E-state index in [1.807, 2.05) is 0 Å². The number of cyclic esters (lactones) is 1. The van der Waals surface area contributed by atoms with Crippen molar-refractivity contribution in [3.8, 4) is 0 Å². The number of hydrogen-bond acceptors (Lipinski definition) is 9. The Morgan fingerprint density at radius 3 is 2.52 bits per heavy atom. The molecule has 2 atom stereocenters. The molecule has 1 aliphatic heterocycles. The molecule has 10 heteroatoms. The summed E-state index contributed by atoms with van der Waals surface area (Å²) >= 11 is 0. The Hall–Kier alpha value is -2.75. The minimum Gasteiger partial charge on any atom is -0.478 e. The molecule has 0 aromatic heterocycles. The molecule has 0 radical (unpaired) electrons. The maximum Gasteiger partial charge on any atom is 0.400 e. The Kier molecular flexibility index (Phi) is 4.76. The maximum absolute atomic E-state index is 11.6. The Labute approximate surface area is 116 Å². The first-order valence-electron chi connectivity index (χ1n) is 5.41. The van der Waals surface area contributed by atoms with E-state index in [4.69, 9.17) is 5.11 Å². The smallest absolute Gasteiger partial charge is 0.400 e. The van der Waals surface area contributed by atoms with Crippen molar-refractivity contribution in [2.45, 2.75) is 24.5 Å². The molecule has 10 nitrogen and oxygen atoms in total. The normalized spacial score (nSPS) is 26.3. The standard InChI is InChI=1S/C11H10O10/c1-5(8(14)15)7-9(16)20-21-10(17)11(18,2-3-12)4-6(13)19-7/h3,7,18H,1-2,4H2,(H,14,15). The van der Waals surface area contributed by atoms with E-state index >= 15 is 0 Å². The van der Waals surface area contributed by atoms with Crippen molar-refractivity contribution in [2.75, 3.05) is 0 Å². The van der Waals surface area contributed by atoms with E-state index in [0.717, 1.165) is 0 Å². The lowest BCUT2D eigenvalue weighted by Crippen LogP contribution is -2.42. The molecule has 1 saturated heterocycles. The molecule has 2 unspecified atom stereocenters. The Morgan fingerprint density at radius 1 is 1.38 bits per heavy atom. The molecule has 1 heterocycles. The fraction of sp³-hybridized carbons (Fsp3) is 0.364. The fourth-order valence-electron chi connectivity index (χ4n) is 1.35. The van der Waals surface area contributed by atoms with Gasteiger partial charge in [0.25, 0.3) is 0 Å². The SMILES string of the molecule is C=C(C(=O)O)C1OC(=O)CC(O)(CC=O)C(=O)OOC1=O. The number of esters is 1. The average Bonchev–Trinajstić information content (AvgIpc) is 2.43. The van der Waals surface area contributed by atoms with Crippen molar-refractivity contribution in [3.63, 3.8) is 0 Å². The number of aldehydes is 1. The predicted molar refractivity (Wildman–Crippen MR) is 59.1 cm³/mol. The van der Waals surface area contributed by atoms with Crippen LogP contribution >= 0.6 is 0 Å². The molecule has 0 saturated carbocycles. The zero-order chi connectivity index (χ0) is 16.2. The van der Waals surface area contributed by atoms with Gasteiger partial charge in [0.1, 0.15) is 6.29 Å². The van der Waals surface area contributed by atoms with E-state index in [0.29, 0.717) is 0 Å². The van der Waals surface area contributed by atoms with Gasteiger partial charge in [-0.2, -0.15) is 0 Å². The predicted octanol–water partition coefficient (Wildman–Crippen LogP) is -1.74. The summed E-state index contributed by atoms with van der Waals surface area (Å²) in [5.41, 5.74) is -3.43. The molecule has 0 aliphatic carbocycles. The number of hydrogen-bond donors (Lipinski definition) is 2. The number of ether oxygens (including phenoxy) is 1. The van der Waals surface area contributed by atoms with Gasteiger partial charge in [0.05, 0.1) is 12.0 Å². The van der Waals surface area contributed by atoms with Crippen LogP contribution < -0.4 is 0 Å². The van der Waals surface area contributed by atoms with Gasteiger partial charge in [-0.15, -0.1) is 0 Å². The van der Waals surface area contributed by atoms with Gasteiger partial charge in [-0.3, -0.25) is 4.79 Å². The second kappa shape index (κ2) is 6.13. The molecule has 0 bridgehead atoms. The van der Waals surface area contributed by atoms with E-state index in [1.54, 1.807) is 0 Å². The second-order valence-electron chi connectivity index (χ2n) is 4.05. The Balaban J connectivity index is 3.08. The van der Waals surface area contributed by atoms with Crippen LogP contribution in [-0.4, -0.2) is 52.1 Å². The molecular weight excluding hydrogens is 292 g/mol. The van der Waals surface area contributed by atoms with E-state index in [-0.39, 0.29) is 6.29 Å². The minimum absolute atomic E-state index is 0.141. The summed E-state index contributed by atoms with van der Waals surface area (Å²) in [5.74, 6) is -6.07. The highest BCUT2D eigenvalue weighted by Gasteiger charge is 2.45. The summed E-state index contributed by atoms with van der Waals surface area (Å²) < 4.78 is 4.49. The lowest BCUT2D eigenvalue weighted by Gasteiger charge is -2.19. The van der Waals surface area contributed by atoms with Crippen LogP contribution in [0.25, 0.3) is 0 Å². The molecule has 1 fully saturated rings. The molecule has 114 valence electrons. The van der Waals surface area contributed by atoms with Crippen LogP contribution in [0.15, 0.2) is 12.2 Å². The second-order valence-corrected chi connectivity index (χ2v) is 4.05. The Bertz CT molecular complexity index is 521. The van der Waals surface area contributed by atoms with Crippen molar-refractivity contribution >= 4 is 30.2 Å². The largest absolute Gasteiger partial charge is 0.478 e. The molecule has 1 aliphatic rings. The van der Waals surface area contributed by atoms with E-state index in [1.165, 1.54) is 0 Å². The van der Waals surface area contributed by atoms with Gasteiger partial charge < -0.3 is 19.7 Å². The van der Waals surface area contributed by atoms with Gasteiger partial charge >= 0.3 is 23.9 Å². The summed E-state index contributed by atoms with van der Waals surface area (Å²) in [4.78, 5) is 63.6. The third kappa shape index (κ3) is 3.63. The van der Waals surface area contributed by atoms with E-state index in [2.05, 4.69) is 21.1 Å². The van der Waals surface area contributed by atoms with Crippen molar-refractivity contribution in [1.29, 1.82) is 0 Å². The summed E-state index contributed by atoms with van der Waals surface area (Å²) in [6.45, 7) is 3.02. The zero-order valence-corrected chi connectivity index (χ0v) is 10.4. The number of rotatable bonds is 4. The molecule has 1 rings (SSSR count). The molecule has 0 spiro atoms. The first-order valence-corrected chi connectivity index (χ1v) is 5.41. The number of aliphatic hydroxyl groups is 1. The van der Waals surface area contributed by atoms with Gasteiger partial charge in [-0.1, -0.05) is 6.58 Å². The third-order valence-electron chi connectivity index (χ3n) is 2.49. The average molecular weight is 302 g/mol. The monoisotopic (exact) mass is 302 g/mol. The number of carboxylic acid groups (broad SMARTS) is 1. The molecule has 2 N–H and O–H groups in total. The molecular formula is C11H10O10. The van der Waals surface area contributed by atoms with Crippen LogP contribution in [-0.2, 0) is 38.5 Å². The van der Waals surface area contributed by atoms with Gasteiger partial charge in [0.15, 0.2) is 5.60 Å². The highest BCUT2D eigenvalue weighted by molar-refractivity contribution is 5.97. The molecule has 21 heavy (non-hydrogen) atoms. The summed E-state index contributed by atoms with van der Waals surface area (Å²) in [5, 5.41) is 18.5. The van der Waals surface area contributed by atoms with Crippen molar-refractivity contribution in [1.82, 2.24) is 0 Å². The number of carbonyl (C=O) groups excluding carboxylic acids is 4. The quantitative estimate of drug-likeness (QED) is 0.265. The fourth-order valence-corrected chi connectivity index (χ4v) is 1.35. The number of carbonyl (C=O) groups is 5. The number of aliphatic carboxylic acids is 1. The van der Waals surface area contributed by atoms with Crippen LogP contribution in [0.5, 0.6) is 0 Å². The van der Waals surface area contributed by atoms with E-state index < -0.39 is 54.0 Å². The maximum atomic E-state index is 11.6. The first kappa shape index (κ1) is 16.3. The topological polar surface area (TPSA) is 154 Å². The van der Waals surface area contributed by atoms with E-state index in [9.17, 15) is 29.1 Å². The summed E-state index contributed by atoms with van der Waals surface area (Å²) in [6, 6.07) is 0. The Morgan fingerprint density at radius 2 is 2.00 bits per heavy atom. The van der Waals surface area contributed by atoms with Crippen molar-refractivity contribution in [2.24, 2.45) is 0 Å². The van der Waals surface area contributed by atoms with Crippen LogP contribution in [0.2, 0.25) is 0 Å². The van der Waals surface area contributed by atoms with Crippen LogP contribution in [0.3, 0.4) is 0 Å². The summed E-state index contributed by atoms with van der Waals surface area (Å²) in [6.07, 6.45) is -3.77. The van der Waals surface area contributed by atoms with Gasteiger partial charge in [-0.25, -0.2) is 24.2 Å². The molecule has 0 amide bonds. The highest BCUT2D eigenvalue weighted by Crippen LogP contribution is 2.21. The van der Waals surface area contributed by atoms with Gasteiger partial charge in [0, 0.05) is 6.42 Å². The lowest BCUT2D eigenvalue weighted by atomic mass is 9.96. The van der Waals surface area contributed by atoms with Crippen LogP contribution in [0.1, 0.15) is 12.8 Å². The number of carboxylic acids is 1. The molecule has 0 aromatic carbocycles. The van der Waals surface area contributed by atoms with Crippen LogP contribution in [0, 0.1) is 0 Å². The third-order valence-corrected chi connectivity index (χ3v) is 2.49. The lowest BCUT2D eigenvalue weighted by molar-refractivity contribution is -0.272. The highest BCUT2D eigenvalue weighted by atomic mass is 17.2. The zero-order valence-electron chi connectivity index (χ0n) is 10.4. The summed E-state index contributed by atoms with van der Waals surface area (Å²) in [7, 11) is 0. The van der Waals surface area contributed by atoms with Crippen LogP contribution in [0.4, 0.5) is 0 Å². The molecule has 0 aromatic rings.